The van der Waals surface area contributed by atoms with E-state index in [0.29, 0.717) is 11.7 Å². The van der Waals surface area contributed by atoms with Gasteiger partial charge in [-0.2, -0.15) is 0 Å². The maximum Gasteiger partial charge on any atom is 0.238 e. The van der Waals surface area contributed by atoms with E-state index in [-0.39, 0.29) is 11.9 Å². The van der Waals surface area contributed by atoms with Crippen LogP contribution in [-0.2, 0) is 4.79 Å². The zero-order valence-corrected chi connectivity index (χ0v) is 12.1. The van der Waals surface area contributed by atoms with Crippen LogP contribution in [0.4, 0.5) is 0 Å². The average molecular weight is 280 g/mol. The lowest BCUT2D eigenvalue weighted by molar-refractivity contribution is -0.124. The lowest BCUT2D eigenvalue weighted by atomic mass is 9.93. The quantitative estimate of drug-likeness (QED) is 0.734. The summed E-state index contributed by atoms with van der Waals surface area (Å²) in [4.78, 5) is 20.2. The summed E-state index contributed by atoms with van der Waals surface area (Å²) in [5.41, 5.74) is 5.05. The number of amides is 1. The van der Waals surface area contributed by atoms with E-state index in [1.165, 1.54) is 11.8 Å². The Kier molecular flexibility index (Phi) is 4.42. The molecular weight excluding hydrogens is 260 g/mol. The molecule has 0 bridgehead atoms. The van der Waals surface area contributed by atoms with Crippen molar-refractivity contribution in [2.24, 2.45) is 11.7 Å². The van der Waals surface area contributed by atoms with Crippen molar-refractivity contribution in [1.82, 2.24) is 15.3 Å². The van der Waals surface area contributed by atoms with Gasteiger partial charge in [0.25, 0.3) is 0 Å². The van der Waals surface area contributed by atoms with Gasteiger partial charge in [0.15, 0.2) is 0 Å². The molecule has 1 unspecified atom stereocenters. The molecule has 1 aromatic rings. The Morgan fingerprint density at radius 3 is 2.79 bits per heavy atom. The van der Waals surface area contributed by atoms with Crippen LogP contribution < -0.4 is 11.1 Å². The summed E-state index contributed by atoms with van der Waals surface area (Å²) in [5, 5.41) is 4.20. The van der Waals surface area contributed by atoms with Crippen molar-refractivity contribution < 1.29 is 4.79 Å². The van der Waals surface area contributed by atoms with Gasteiger partial charge in [0, 0.05) is 24.2 Å². The molecule has 2 rings (SSSR count). The summed E-state index contributed by atoms with van der Waals surface area (Å²) in [6.07, 6.45) is 7.12. The molecule has 19 heavy (non-hydrogen) atoms. The molecule has 1 amide bonds. The number of nitrogens with one attached hydrogen (secondary N) is 1. The lowest BCUT2D eigenvalue weighted by Crippen LogP contribution is -2.61. The normalized spacial score (nSPS) is 18.3. The molecule has 1 aliphatic rings. The summed E-state index contributed by atoms with van der Waals surface area (Å²) >= 11 is 1.53. The fraction of sp³-hybridized carbons (Fsp3) is 0.615. The van der Waals surface area contributed by atoms with Gasteiger partial charge in [0.1, 0.15) is 10.6 Å². The van der Waals surface area contributed by atoms with Crippen molar-refractivity contribution >= 4 is 17.7 Å². The smallest absolute Gasteiger partial charge is 0.238 e. The monoisotopic (exact) mass is 280 g/mol. The molecule has 1 saturated carbocycles. The SMILES string of the molecule is CC(C)NC(CSc1cnccn1)(C(N)=O)C1CC1. The van der Waals surface area contributed by atoms with Crippen LogP contribution in [-0.4, -0.2) is 33.2 Å². The van der Waals surface area contributed by atoms with Crippen molar-refractivity contribution in [1.29, 1.82) is 0 Å². The molecule has 0 radical (unpaired) electrons. The molecule has 0 aromatic carbocycles. The van der Waals surface area contributed by atoms with E-state index in [2.05, 4.69) is 15.3 Å². The second kappa shape index (κ2) is 5.88. The number of nitrogens with zero attached hydrogens (tertiary/aromatic N) is 2. The fourth-order valence-corrected chi connectivity index (χ4v) is 3.37. The minimum atomic E-state index is -0.629. The van der Waals surface area contributed by atoms with Crippen LogP contribution in [0.2, 0.25) is 0 Å². The Labute approximate surface area is 117 Å². The molecule has 6 heteroatoms. The van der Waals surface area contributed by atoms with Crippen molar-refractivity contribution in [2.45, 2.75) is 43.3 Å². The number of hydrogen-bond acceptors (Lipinski definition) is 5. The number of hydrogen-bond donors (Lipinski definition) is 2. The molecule has 0 spiro atoms. The van der Waals surface area contributed by atoms with E-state index in [1.807, 2.05) is 13.8 Å². The van der Waals surface area contributed by atoms with Gasteiger partial charge in [-0.1, -0.05) is 0 Å². The van der Waals surface area contributed by atoms with Gasteiger partial charge >= 0.3 is 0 Å². The van der Waals surface area contributed by atoms with E-state index >= 15 is 0 Å². The van der Waals surface area contributed by atoms with Crippen LogP contribution in [0.25, 0.3) is 0 Å². The van der Waals surface area contributed by atoms with Gasteiger partial charge in [-0.25, -0.2) is 4.98 Å². The van der Waals surface area contributed by atoms with Crippen molar-refractivity contribution in [3.63, 3.8) is 0 Å². The first-order valence-corrected chi connectivity index (χ1v) is 7.49. The molecule has 1 atom stereocenters. The van der Waals surface area contributed by atoms with Gasteiger partial charge in [-0.05, 0) is 32.6 Å². The molecule has 0 saturated heterocycles. The topological polar surface area (TPSA) is 80.9 Å². The van der Waals surface area contributed by atoms with E-state index in [0.717, 1.165) is 17.9 Å². The van der Waals surface area contributed by atoms with Crippen LogP contribution in [0.5, 0.6) is 0 Å². The summed E-state index contributed by atoms with van der Waals surface area (Å²) in [6.45, 7) is 4.07. The highest BCUT2D eigenvalue weighted by Crippen LogP contribution is 2.42. The van der Waals surface area contributed by atoms with Crippen molar-refractivity contribution in [3.05, 3.63) is 18.6 Å². The molecule has 1 aromatic heterocycles. The number of aromatic nitrogens is 2. The van der Waals surface area contributed by atoms with Gasteiger partial charge in [-0.15, -0.1) is 11.8 Å². The first-order valence-electron chi connectivity index (χ1n) is 6.51. The van der Waals surface area contributed by atoms with Crippen LogP contribution in [0, 0.1) is 5.92 Å². The average Bonchev–Trinajstić information content (AvgIpc) is 3.19. The summed E-state index contributed by atoms with van der Waals surface area (Å²) in [5.74, 6) is 0.681. The lowest BCUT2D eigenvalue weighted by Gasteiger charge is -2.33. The Bertz CT molecular complexity index is 436. The number of rotatable bonds is 7. The predicted octanol–water partition coefficient (Wildman–Crippen LogP) is 1.20. The summed E-state index contributed by atoms with van der Waals surface area (Å²) in [7, 11) is 0. The van der Waals surface area contributed by atoms with E-state index in [4.69, 9.17) is 5.73 Å². The fourth-order valence-electron chi connectivity index (χ4n) is 2.26. The van der Waals surface area contributed by atoms with Crippen molar-refractivity contribution in [2.75, 3.05) is 5.75 Å². The molecule has 1 fully saturated rings. The molecule has 0 aliphatic heterocycles. The highest BCUT2D eigenvalue weighted by Gasteiger charge is 2.50. The molecule has 1 aliphatic carbocycles. The number of thioether (sulfide) groups is 1. The highest BCUT2D eigenvalue weighted by molar-refractivity contribution is 7.99. The second-order valence-electron chi connectivity index (χ2n) is 5.24. The van der Waals surface area contributed by atoms with Gasteiger partial charge in [0.05, 0.1) is 6.20 Å². The summed E-state index contributed by atoms with van der Waals surface area (Å²) < 4.78 is 0. The first kappa shape index (κ1) is 14.3. The number of nitrogens with two attached hydrogens (primary N) is 1. The maximum absolute atomic E-state index is 12.0. The first-order chi connectivity index (χ1) is 9.04. The zero-order valence-electron chi connectivity index (χ0n) is 11.3. The molecule has 3 N–H and O–H groups in total. The number of carbonyl (C=O) groups is 1. The van der Waals surface area contributed by atoms with Gasteiger partial charge < -0.3 is 11.1 Å². The van der Waals surface area contributed by atoms with E-state index in [9.17, 15) is 4.79 Å². The second-order valence-corrected chi connectivity index (χ2v) is 6.24. The number of primary amides is 1. The third-order valence-corrected chi connectivity index (χ3v) is 4.35. The van der Waals surface area contributed by atoms with Crippen LogP contribution >= 0.6 is 11.8 Å². The van der Waals surface area contributed by atoms with Crippen LogP contribution in [0.15, 0.2) is 23.6 Å². The third kappa shape index (κ3) is 3.45. The van der Waals surface area contributed by atoms with Gasteiger partial charge in [-0.3, -0.25) is 9.78 Å². The third-order valence-electron chi connectivity index (χ3n) is 3.25. The predicted molar refractivity (Wildman–Crippen MR) is 75.7 cm³/mol. The van der Waals surface area contributed by atoms with Crippen LogP contribution in [0.1, 0.15) is 26.7 Å². The Morgan fingerprint density at radius 1 is 1.58 bits per heavy atom. The Hall–Kier alpha value is -1.14. The zero-order chi connectivity index (χ0) is 13.9. The largest absolute Gasteiger partial charge is 0.368 e. The highest BCUT2D eigenvalue weighted by atomic mass is 32.2. The minimum Gasteiger partial charge on any atom is -0.368 e. The molecule has 1 heterocycles. The number of carbonyl (C=O) groups excluding carboxylic acids is 1. The van der Waals surface area contributed by atoms with Crippen molar-refractivity contribution in [3.8, 4) is 0 Å². The molecular formula is C13H20N4OS. The maximum atomic E-state index is 12.0. The minimum absolute atomic E-state index is 0.218. The van der Waals surface area contributed by atoms with Gasteiger partial charge in [0.2, 0.25) is 5.91 Å². The molecule has 5 nitrogen and oxygen atoms in total. The summed E-state index contributed by atoms with van der Waals surface area (Å²) in [6, 6.07) is 0.218. The van der Waals surface area contributed by atoms with E-state index in [1.54, 1.807) is 18.6 Å². The Balaban J connectivity index is 2.11. The molecule has 104 valence electrons. The Morgan fingerprint density at radius 2 is 2.32 bits per heavy atom. The standard InChI is InChI=1S/C13H20N4OS/c1-9(2)17-13(12(14)18,10-3-4-10)8-19-11-7-15-5-6-16-11/h5-7,9-10,17H,3-4,8H2,1-2H3,(H2,14,18). The van der Waals surface area contributed by atoms with Crippen LogP contribution in [0.3, 0.4) is 0 Å². The van der Waals surface area contributed by atoms with E-state index < -0.39 is 5.54 Å².